The lowest BCUT2D eigenvalue weighted by molar-refractivity contribution is -0.121. The Hall–Kier alpha value is -2.75. The van der Waals surface area contributed by atoms with E-state index in [1.807, 2.05) is 36.5 Å². The molecule has 0 aliphatic carbocycles. The highest BCUT2D eigenvalue weighted by Gasteiger charge is 2.21. The number of rotatable bonds is 8. The molecule has 3 aromatic rings. The Balaban J connectivity index is 1.94. The lowest BCUT2D eigenvalue weighted by atomic mass is 9.88. The standard InChI is InChI=1S/C22H26N2O2/c1-3-4-12-23-22(25)14-19(16-8-7-9-17(13-16)26-2)20-15-24-21-11-6-5-10-18(20)21/h5-11,13,15,19,24H,3-4,12,14H2,1-2H3,(H,23,25)/t19-/m1/s1. The van der Waals surface area contributed by atoms with Gasteiger partial charge in [0.2, 0.25) is 5.91 Å². The van der Waals surface area contributed by atoms with Gasteiger partial charge in [-0.2, -0.15) is 0 Å². The summed E-state index contributed by atoms with van der Waals surface area (Å²) in [6.07, 6.45) is 4.51. The zero-order valence-corrected chi connectivity index (χ0v) is 15.4. The van der Waals surface area contributed by atoms with Crippen molar-refractivity contribution in [2.45, 2.75) is 32.1 Å². The van der Waals surface area contributed by atoms with E-state index in [9.17, 15) is 4.79 Å². The maximum Gasteiger partial charge on any atom is 0.220 e. The Labute approximate surface area is 154 Å². The fourth-order valence-electron chi connectivity index (χ4n) is 3.31. The van der Waals surface area contributed by atoms with Crippen LogP contribution in [0, 0.1) is 0 Å². The van der Waals surface area contributed by atoms with Crippen molar-refractivity contribution in [1.82, 2.24) is 10.3 Å². The van der Waals surface area contributed by atoms with Crippen LogP contribution in [-0.2, 0) is 4.79 Å². The molecular formula is C22H26N2O2. The molecule has 136 valence electrons. The number of aromatic amines is 1. The lowest BCUT2D eigenvalue weighted by Gasteiger charge is -2.18. The number of hydrogen-bond donors (Lipinski definition) is 2. The van der Waals surface area contributed by atoms with E-state index in [4.69, 9.17) is 4.74 Å². The highest BCUT2D eigenvalue weighted by molar-refractivity contribution is 5.86. The molecule has 0 radical (unpaired) electrons. The third-order valence-corrected chi connectivity index (χ3v) is 4.73. The van der Waals surface area contributed by atoms with Gasteiger partial charge in [0, 0.05) is 36.0 Å². The predicted molar refractivity (Wildman–Crippen MR) is 106 cm³/mol. The number of fused-ring (bicyclic) bond motifs is 1. The van der Waals surface area contributed by atoms with Crippen LogP contribution in [-0.4, -0.2) is 24.5 Å². The molecular weight excluding hydrogens is 324 g/mol. The van der Waals surface area contributed by atoms with Crippen molar-refractivity contribution < 1.29 is 9.53 Å². The van der Waals surface area contributed by atoms with E-state index >= 15 is 0 Å². The van der Waals surface area contributed by atoms with Crippen LogP contribution >= 0.6 is 0 Å². The maximum absolute atomic E-state index is 12.5. The van der Waals surface area contributed by atoms with Gasteiger partial charge in [0.25, 0.3) is 0 Å². The summed E-state index contributed by atoms with van der Waals surface area (Å²) in [5.74, 6) is 0.859. The van der Waals surface area contributed by atoms with Gasteiger partial charge in [0.15, 0.2) is 0 Å². The summed E-state index contributed by atoms with van der Waals surface area (Å²) < 4.78 is 5.39. The summed E-state index contributed by atoms with van der Waals surface area (Å²) in [6, 6.07) is 16.2. The molecule has 1 atom stereocenters. The first-order valence-electron chi connectivity index (χ1n) is 9.19. The summed E-state index contributed by atoms with van der Waals surface area (Å²) >= 11 is 0. The molecule has 0 spiro atoms. The van der Waals surface area contributed by atoms with Crippen molar-refractivity contribution in [2.24, 2.45) is 0 Å². The second-order valence-corrected chi connectivity index (χ2v) is 6.53. The Morgan fingerprint density at radius 3 is 2.85 bits per heavy atom. The highest BCUT2D eigenvalue weighted by atomic mass is 16.5. The number of carbonyl (C=O) groups excluding carboxylic acids is 1. The van der Waals surface area contributed by atoms with Gasteiger partial charge in [0.1, 0.15) is 5.75 Å². The van der Waals surface area contributed by atoms with E-state index in [1.54, 1.807) is 7.11 Å². The number of unbranched alkanes of at least 4 members (excludes halogenated alkanes) is 1. The smallest absolute Gasteiger partial charge is 0.220 e. The first-order valence-corrected chi connectivity index (χ1v) is 9.19. The molecule has 0 aliphatic heterocycles. The van der Waals surface area contributed by atoms with Crippen molar-refractivity contribution in [2.75, 3.05) is 13.7 Å². The van der Waals surface area contributed by atoms with Crippen molar-refractivity contribution in [3.63, 3.8) is 0 Å². The molecule has 4 nitrogen and oxygen atoms in total. The molecule has 1 amide bonds. The molecule has 2 aromatic carbocycles. The Morgan fingerprint density at radius 1 is 1.19 bits per heavy atom. The number of hydrogen-bond acceptors (Lipinski definition) is 2. The van der Waals surface area contributed by atoms with Crippen molar-refractivity contribution in [3.05, 3.63) is 65.9 Å². The van der Waals surface area contributed by atoms with Gasteiger partial charge in [0.05, 0.1) is 7.11 Å². The number of H-pyrrole nitrogens is 1. The normalized spacial score (nSPS) is 12.1. The molecule has 0 unspecified atom stereocenters. The molecule has 26 heavy (non-hydrogen) atoms. The fourth-order valence-corrected chi connectivity index (χ4v) is 3.31. The molecule has 3 rings (SSSR count). The van der Waals surface area contributed by atoms with Crippen LogP contribution in [0.1, 0.15) is 43.2 Å². The number of amides is 1. The number of carbonyl (C=O) groups is 1. The Kier molecular flexibility index (Phi) is 5.95. The summed E-state index contributed by atoms with van der Waals surface area (Å²) in [5.41, 5.74) is 3.31. The van der Waals surface area contributed by atoms with E-state index in [1.165, 1.54) is 0 Å². The van der Waals surface area contributed by atoms with Gasteiger partial charge in [-0.3, -0.25) is 4.79 Å². The van der Waals surface area contributed by atoms with Crippen LogP contribution in [0.4, 0.5) is 0 Å². The monoisotopic (exact) mass is 350 g/mol. The average molecular weight is 350 g/mol. The third kappa shape index (κ3) is 4.07. The van der Waals surface area contributed by atoms with Gasteiger partial charge in [-0.05, 0) is 35.7 Å². The van der Waals surface area contributed by atoms with Gasteiger partial charge >= 0.3 is 0 Å². The van der Waals surface area contributed by atoms with Crippen LogP contribution in [0.15, 0.2) is 54.7 Å². The zero-order chi connectivity index (χ0) is 18.4. The van der Waals surface area contributed by atoms with Gasteiger partial charge in [-0.1, -0.05) is 43.7 Å². The van der Waals surface area contributed by atoms with Crippen LogP contribution in [0.3, 0.4) is 0 Å². The van der Waals surface area contributed by atoms with Crippen molar-refractivity contribution in [3.8, 4) is 5.75 Å². The predicted octanol–water partition coefficient (Wildman–Crippen LogP) is 4.61. The van der Waals surface area contributed by atoms with Crippen molar-refractivity contribution >= 4 is 16.8 Å². The molecule has 0 aliphatic rings. The zero-order valence-electron chi connectivity index (χ0n) is 15.4. The molecule has 2 N–H and O–H groups in total. The minimum absolute atomic E-state index is 0.0251. The molecule has 1 aromatic heterocycles. The van der Waals surface area contributed by atoms with Gasteiger partial charge in [-0.25, -0.2) is 0 Å². The number of nitrogens with one attached hydrogen (secondary N) is 2. The van der Waals surface area contributed by atoms with Gasteiger partial charge in [-0.15, -0.1) is 0 Å². The first kappa shape index (κ1) is 18.1. The number of methoxy groups -OCH3 is 1. The second-order valence-electron chi connectivity index (χ2n) is 6.53. The van der Waals surface area contributed by atoms with E-state index in [0.717, 1.165) is 47.2 Å². The molecule has 0 fully saturated rings. The van der Waals surface area contributed by atoms with Crippen LogP contribution in [0.25, 0.3) is 10.9 Å². The lowest BCUT2D eigenvalue weighted by Crippen LogP contribution is -2.26. The van der Waals surface area contributed by atoms with E-state index in [-0.39, 0.29) is 11.8 Å². The minimum Gasteiger partial charge on any atom is -0.497 e. The average Bonchev–Trinajstić information content (AvgIpc) is 3.10. The summed E-state index contributed by atoms with van der Waals surface area (Å²) in [7, 11) is 1.66. The third-order valence-electron chi connectivity index (χ3n) is 4.73. The second kappa shape index (κ2) is 8.56. The quantitative estimate of drug-likeness (QED) is 0.583. The minimum atomic E-state index is -0.0251. The number of para-hydroxylation sites is 1. The Bertz CT molecular complexity index is 869. The van der Waals surface area contributed by atoms with Crippen LogP contribution < -0.4 is 10.1 Å². The summed E-state index contributed by atoms with van der Waals surface area (Å²) in [5, 5.41) is 4.20. The maximum atomic E-state index is 12.5. The summed E-state index contributed by atoms with van der Waals surface area (Å²) in [6.45, 7) is 2.85. The van der Waals surface area contributed by atoms with E-state index in [0.29, 0.717) is 6.42 Å². The topological polar surface area (TPSA) is 54.1 Å². The number of aromatic nitrogens is 1. The van der Waals surface area contributed by atoms with E-state index in [2.05, 4.69) is 35.4 Å². The first-order chi connectivity index (χ1) is 12.7. The molecule has 1 heterocycles. The van der Waals surface area contributed by atoms with E-state index < -0.39 is 0 Å². The summed E-state index contributed by atoms with van der Waals surface area (Å²) in [4.78, 5) is 15.9. The van der Waals surface area contributed by atoms with Crippen LogP contribution in [0.5, 0.6) is 5.75 Å². The van der Waals surface area contributed by atoms with Crippen molar-refractivity contribution in [1.29, 1.82) is 0 Å². The molecule has 0 saturated heterocycles. The molecule has 0 bridgehead atoms. The SMILES string of the molecule is CCCCNC(=O)C[C@H](c1cccc(OC)c1)c1c[nH]c2ccccc12. The number of ether oxygens (including phenoxy) is 1. The molecule has 0 saturated carbocycles. The Morgan fingerprint density at radius 2 is 2.04 bits per heavy atom. The highest BCUT2D eigenvalue weighted by Crippen LogP contribution is 2.34. The largest absolute Gasteiger partial charge is 0.497 e. The molecule has 4 heteroatoms. The van der Waals surface area contributed by atoms with Gasteiger partial charge < -0.3 is 15.0 Å². The van der Waals surface area contributed by atoms with Crippen LogP contribution in [0.2, 0.25) is 0 Å². The fraction of sp³-hybridized carbons (Fsp3) is 0.318. The number of benzene rings is 2.